The Morgan fingerprint density at radius 1 is 1.33 bits per heavy atom. The number of ether oxygens (including phenoxy) is 1. The molecule has 1 atom stereocenters. The number of nitrogens with zero attached hydrogens (tertiary/aromatic N) is 3. The lowest BCUT2D eigenvalue weighted by atomic mass is 9.99. The maximum absolute atomic E-state index is 13.4. The Morgan fingerprint density at radius 3 is 2.88 bits per heavy atom. The standard InChI is InChI=1S/C22H26N4O5S2/c1-14-20(11-19(32-14)21-24-15(2)31-25-21)33(28,29)26-9-5-7-17(13-26)22(27)23-12-16-6-4-8-18(10-16)30-3/h4,6,8,10-11,17H,5,7,9,12-13H2,1-3H3,(H,23,27)/t17-/m0/s1. The third-order valence-corrected chi connectivity index (χ3v) is 8.76. The molecule has 1 saturated heterocycles. The SMILES string of the molecule is COc1cccc(CNC(=O)[C@H]2CCCN(S(=O)(=O)c3cc(-c4noc(C)n4)sc3C)C2)c1. The fourth-order valence-electron chi connectivity index (χ4n) is 3.86. The molecule has 3 heterocycles. The van der Waals surface area contributed by atoms with Gasteiger partial charge in [0.1, 0.15) is 5.75 Å². The summed E-state index contributed by atoms with van der Waals surface area (Å²) in [5, 5.41) is 6.81. The summed E-state index contributed by atoms with van der Waals surface area (Å²) in [7, 11) is -2.16. The molecule has 1 amide bonds. The molecular weight excluding hydrogens is 464 g/mol. The van der Waals surface area contributed by atoms with Crippen molar-refractivity contribution in [2.45, 2.75) is 38.1 Å². The van der Waals surface area contributed by atoms with Crippen LogP contribution >= 0.6 is 11.3 Å². The predicted octanol–water partition coefficient (Wildman–Crippen LogP) is 3.14. The predicted molar refractivity (Wildman–Crippen MR) is 123 cm³/mol. The van der Waals surface area contributed by atoms with E-state index in [2.05, 4.69) is 15.5 Å². The van der Waals surface area contributed by atoms with Crippen LogP contribution in [-0.4, -0.2) is 49.0 Å². The number of sulfonamides is 1. The first kappa shape index (κ1) is 23.4. The molecule has 1 aromatic carbocycles. The van der Waals surface area contributed by atoms with Crippen LogP contribution in [-0.2, 0) is 21.4 Å². The van der Waals surface area contributed by atoms with Crippen molar-refractivity contribution < 1.29 is 22.5 Å². The van der Waals surface area contributed by atoms with E-state index < -0.39 is 15.9 Å². The maximum atomic E-state index is 13.4. The molecule has 2 aromatic heterocycles. The number of piperidine rings is 1. The van der Waals surface area contributed by atoms with E-state index in [4.69, 9.17) is 9.26 Å². The number of carbonyl (C=O) groups is 1. The molecule has 1 N–H and O–H groups in total. The second kappa shape index (κ2) is 9.62. The van der Waals surface area contributed by atoms with E-state index in [1.807, 2.05) is 24.3 Å². The highest BCUT2D eigenvalue weighted by Crippen LogP contribution is 2.35. The number of thiophene rings is 1. The Hall–Kier alpha value is -2.76. The third-order valence-electron chi connectivity index (χ3n) is 5.59. The fraction of sp³-hybridized carbons (Fsp3) is 0.409. The molecule has 0 spiro atoms. The van der Waals surface area contributed by atoms with Crippen LogP contribution in [0.4, 0.5) is 0 Å². The van der Waals surface area contributed by atoms with Crippen LogP contribution in [0.1, 0.15) is 29.2 Å². The van der Waals surface area contributed by atoms with Gasteiger partial charge < -0.3 is 14.6 Å². The van der Waals surface area contributed by atoms with E-state index in [0.29, 0.717) is 47.4 Å². The van der Waals surface area contributed by atoms with Crippen LogP contribution in [0.2, 0.25) is 0 Å². The van der Waals surface area contributed by atoms with Crippen molar-refractivity contribution in [3.8, 4) is 16.5 Å². The van der Waals surface area contributed by atoms with Gasteiger partial charge >= 0.3 is 0 Å². The number of hydrogen-bond acceptors (Lipinski definition) is 8. The Labute approximate surface area is 196 Å². The zero-order chi connectivity index (χ0) is 23.6. The number of benzene rings is 1. The fourth-order valence-corrected chi connectivity index (χ4v) is 6.87. The van der Waals surface area contributed by atoms with Gasteiger partial charge in [0.15, 0.2) is 0 Å². The molecule has 9 nitrogen and oxygen atoms in total. The highest BCUT2D eigenvalue weighted by atomic mass is 32.2. The number of aromatic nitrogens is 2. The smallest absolute Gasteiger partial charge is 0.244 e. The first-order valence-corrected chi connectivity index (χ1v) is 12.9. The normalized spacial score (nSPS) is 17.1. The summed E-state index contributed by atoms with van der Waals surface area (Å²) in [5.74, 6) is 0.952. The van der Waals surface area contributed by atoms with E-state index in [0.717, 1.165) is 11.3 Å². The number of nitrogens with one attached hydrogen (secondary N) is 1. The molecule has 4 rings (SSSR count). The summed E-state index contributed by atoms with van der Waals surface area (Å²) in [6, 6.07) is 9.06. The van der Waals surface area contributed by atoms with Gasteiger partial charge in [0.2, 0.25) is 27.6 Å². The number of rotatable bonds is 7. The van der Waals surface area contributed by atoms with Gasteiger partial charge in [0.25, 0.3) is 0 Å². The molecule has 0 radical (unpaired) electrons. The summed E-state index contributed by atoms with van der Waals surface area (Å²) in [6.07, 6.45) is 1.27. The van der Waals surface area contributed by atoms with E-state index in [-0.39, 0.29) is 17.3 Å². The lowest BCUT2D eigenvalue weighted by Crippen LogP contribution is -2.45. The minimum Gasteiger partial charge on any atom is -0.497 e. The van der Waals surface area contributed by atoms with Gasteiger partial charge in [-0.1, -0.05) is 17.3 Å². The lowest BCUT2D eigenvalue weighted by molar-refractivity contribution is -0.126. The average molecular weight is 491 g/mol. The molecule has 11 heteroatoms. The second-order valence-electron chi connectivity index (χ2n) is 7.94. The van der Waals surface area contributed by atoms with E-state index in [1.54, 1.807) is 27.0 Å². The summed E-state index contributed by atoms with van der Waals surface area (Å²) in [6.45, 7) is 4.33. The van der Waals surface area contributed by atoms with Gasteiger partial charge in [-0.2, -0.15) is 9.29 Å². The van der Waals surface area contributed by atoms with E-state index in [9.17, 15) is 13.2 Å². The van der Waals surface area contributed by atoms with Crippen molar-refractivity contribution in [2.75, 3.05) is 20.2 Å². The van der Waals surface area contributed by atoms with Gasteiger partial charge in [-0.25, -0.2) is 8.42 Å². The molecule has 0 unspecified atom stereocenters. The van der Waals surface area contributed by atoms with Crippen molar-refractivity contribution in [1.82, 2.24) is 19.8 Å². The Balaban J connectivity index is 1.45. The molecule has 0 bridgehead atoms. The third kappa shape index (κ3) is 5.10. The maximum Gasteiger partial charge on any atom is 0.244 e. The van der Waals surface area contributed by atoms with Crippen LogP contribution in [0.5, 0.6) is 5.75 Å². The largest absolute Gasteiger partial charge is 0.497 e. The van der Waals surface area contributed by atoms with Crippen LogP contribution in [0.3, 0.4) is 0 Å². The number of hydrogen-bond donors (Lipinski definition) is 1. The molecular formula is C22H26N4O5S2. The monoisotopic (exact) mass is 490 g/mol. The number of carbonyl (C=O) groups excluding carboxylic acids is 1. The lowest BCUT2D eigenvalue weighted by Gasteiger charge is -2.31. The average Bonchev–Trinajstić information content (AvgIpc) is 3.43. The summed E-state index contributed by atoms with van der Waals surface area (Å²) in [5.41, 5.74) is 0.918. The van der Waals surface area contributed by atoms with Gasteiger partial charge in [-0.05, 0) is 43.5 Å². The van der Waals surface area contributed by atoms with Crippen molar-refractivity contribution >= 4 is 27.3 Å². The highest BCUT2D eigenvalue weighted by molar-refractivity contribution is 7.89. The Morgan fingerprint density at radius 2 is 2.15 bits per heavy atom. The first-order valence-electron chi connectivity index (χ1n) is 10.6. The van der Waals surface area contributed by atoms with E-state index >= 15 is 0 Å². The van der Waals surface area contributed by atoms with Gasteiger partial charge in [-0.15, -0.1) is 11.3 Å². The van der Waals surface area contributed by atoms with Crippen molar-refractivity contribution in [3.05, 3.63) is 46.7 Å². The highest BCUT2D eigenvalue weighted by Gasteiger charge is 2.35. The van der Waals surface area contributed by atoms with Crippen LogP contribution in [0.25, 0.3) is 10.7 Å². The zero-order valence-electron chi connectivity index (χ0n) is 18.7. The summed E-state index contributed by atoms with van der Waals surface area (Å²) in [4.78, 5) is 18.5. The van der Waals surface area contributed by atoms with Crippen molar-refractivity contribution in [2.24, 2.45) is 5.92 Å². The minimum atomic E-state index is -3.75. The molecule has 1 aliphatic rings. The number of methoxy groups -OCH3 is 1. The quantitative estimate of drug-likeness (QED) is 0.541. The van der Waals surface area contributed by atoms with Crippen LogP contribution in [0, 0.1) is 19.8 Å². The Bertz CT molecular complexity index is 1250. The topological polar surface area (TPSA) is 115 Å². The molecule has 1 fully saturated rings. The molecule has 176 valence electrons. The van der Waals surface area contributed by atoms with Gasteiger partial charge in [0.05, 0.1) is 22.8 Å². The molecule has 3 aromatic rings. The van der Waals surface area contributed by atoms with Crippen molar-refractivity contribution in [3.63, 3.8) is 0 Å². The molecule has 1 aliphatic heterocycles. The van der Waals surface area contributed by atoms with Crippen molar-refractivity contribution in [1.29, 1.82) is 0 Å². The number of aryl methyl sites for hydroxylation is 2. The molecule has 0 aliphatic carbocycles. The van der Waals surface area contributed by atoms with E-state index in [1.165, 1.54) is 15.6 Å². The summed E-state index contributed by atoms with van der Waals surface area (Å²) >= 11 is 1.31. The summed E-state index contributed by atoms with van der Waals surface area (Å²) < 4.78 is 38.4. The van der Waals surface area contributed by atoms with Crippen LogP contribution < -0.4 is 10.1 Å². The van der Waals surface area contributed by atoms with Crippen LogP contribution in [0.15, 0.2) is 39.8 Å². The number of amides is 1. The van der Waals surface area contributed by atoms with Gasteiger partial charge in [-0.3, -0.25) is 4.79 Å². The Kier molecular flexibility index (Phi) is 6.82. The molecule has 33 heavy (non-hydrogen) atoms. The minimum absolute atomic E-state index is 0.150. The zero-order valence-corrected chi connectivity index (χ0v) is 20.3. The first-order chi connectivity index (χ1) is 15.8. The van der Waals surface area contributed by atoms with Gasteiger partial charge in [0, 0.05) is 31.4 Å². The molecule has 0 saturated carbocycles. The second-order valence-corrected chi connectivity index (χ2v) is 11.1.